The topological polar surface area (TPSA) is 24.4 Å². The summed E-state index contributed by atoms with van der Waals surface area (Å²) in [7, 11) is 3.73. The highest BCUT2D eigenvalue weighted by atomic mass is 14.8. The third kappa shape index (κ3) is 2.21. The zero-order valence-electron chi connectivity index (χ0n) is 7.45. The summed E-state index contributed by atoms with van der Waals surface area (Å²) in [5, 5.41) is 3.08. The molecule has 0 aliphatic heterocycles. The molecule has 58 valence electrons. The number of aliphatic imine (C=N–C) groups is 1. The standard InChI is InChI=1S/C8H16N2/c1-6(7(2)9-4)8(3)10-5/h9H,1-5H3/b7-6-,10-8?. The van der Waals surface area contributed by atoms with Crippen molar-refractivity contribution in [2.75, 3.05) is 14.1 Å². The Morgan fingerprint density at radius 3 is 2.00 bits per heavy atom. The van der Waals surface area contributed by atoms with Crippen molar-refractivity contribution in [1.29, 1.82) is 0 Å². The van der Waals surface area contributed by atoms with Gasteiger partial charge in [-0.3, -0.25) is 4.99 Å². The number of rotatable bonds is 2. The van der Waals surface area contributed by atoms with Gasteiger partial charge < -0.3 is 5.32 Å². The Morgan fingerprint density at radius 1 is 1.20 bits per heavy atom. The molecule has 0 saturated carbocycles. The van der Waals surface area contributed by atoms with Gasteiger partial charge in [-0.15, -0.1) is 0 Å². The summed E-state index contributed by atoms with van der Waals surface area (Å²) in [4.78, 5) is 4.08. The summed E-state index contributed by atoms with van der Waals surface area (Å²) in [6.45, 7) is 6.12. The lowest BCUT2D eigenvalue weighted by Crippen LogP contribution is -2.08. The molecule has 0 atom stereocenters. The molecule has 10 heavy (non-hydrogen) atoms. The third-order valence-electron chi connectivity index (χ3n) is 1.82. The van der Waals surface area contributed by atoms with Crippen LogP contribution in [0.1, 0.15) is 20.8 Å². The molecular formula is C8H16N2. The monoisotopic (exact) mass is 140 g/mol. The quantitative estimate of drug-likeness (QED) is 0.579. The van der Waals surface area contributed by atoms with Gasteiger partial charge in [0.2, 0.25) is 0 Å². The van der Waals surface area contributed by atoms with Crippen LogP contribution in [0.3, 0.4) is 0 Å². The summed E-state index contributed by atoms with van der Waals surface area (Å²) in [6.07, 6.45) is 0. The summed E-state index contributed by atoms with van der Waals surface area (Å²) in [5.41, 5.74) is 3.50. The molecule has 0 spiro atoms. The van der Waals surface area contributed by atoms with Crippen molar-refractivity contribution in [3.8, 4) is 0 Å². The van der Waals surface area contributed by atoms with Gasteiger partial charge >= 0.3 is 0 Å². The molecule has 2 heteroatoms. The highest BCUT2D eigenvalue weighted by molar-refractivity contribution is 5.98. The van der Waals surface area contributed by atoms with Crippen LogP contribution in [0.25, 0.3) is 0 Å². The van der Waals surface area contributed by atoms with E-state index in [-0.39, 0.29) is 0 Å². The van der Waals surface area contributed by atoms with Crippen molar-refractivity contribution in [1.82, 2.24) is 5.32 Å². The number of nitrogens with zero attached hydrogens (tertiary/aromatic N) is 1. The maximum atomic E-state index is 4.08. The van der Waals surface area contributed by atoms with Crippen LogP contribution in [0.4, 0.5) is 0 Å². The van der Waals surface area contributed by atoms with Gasteiger partial charge in [0.25, 0.3) is 0 Å². The first kappa shape index (κ1) is 9.21. The van der Waals surface area contributed by atoms with Crippen molar-refractivity contribution in [2.45, 2.75) is 20.8 Å². The van der Waals surface area contributed by atoms with Crippen LogP contribution in [0, 0.1) is 0 Å². The molecule has 0 aromatic carbocycles. The van der Waals surface area contributed by atoms with E-state index in [4.69, 9.17) is 0 Å². The first-order chi connectivity index (χ1) is 4.63. The molecule has 2 nitrogen and oxygen atoms in total. The summed E-state index contributed by atoms with van der Waals surface area (Å²) in [6, 6.07) is 0. The van der Waals surface area contributed by atoms with Crippen molar-refractivity contribution < 1.29 is 0 Å². The molecule has 1 N–H and O–H groups in total. The lowest BCUT2D eigenvalue weighted by atomic mass is 10.1. The Bertz CT molecular complexity index is 166. The molecule has 0 heterocycles. The number of allylic oxidation sites excluding steroid dienone is 2. The van der Waals surface area contributed by atoms with Crippen molar-refractivity contribution >= 4 is 5.71 Å². The summed E-state index contributed by atoms with van der Waals surface area (Å²) in [5.74, 6) is 0. The summed E-state index contributed by atoms with van der Waals surface area (Å²) < 4.78 is 0. The van der Waals surface area contributed by atoms with Crippen LogP contribution in [-0.2, 0) is 0 Å². The van der Waals surface area contributed by atoms with Gasteiger partial charge in [0.1, 0.15) is 0 Å². The number of hydrogen-bond donors (Lipinski definition) is 1. The smallest absolute Gasteiger partial charge is 0.0360 e. The van der Waals surface area contributed by atoms with Crippen LogP contribution in [0.15, 0.2) is 16.3 Å². The minimum Gasteiger partial charge on any atom is -0.391 e. The predicted molar refractivity (Wildman–Crippen MR) is 46.5 cm³/mol. The maximum Gasteiger partial charge on any atom is 0.0360 e. The zero-order valence-corrected chi connectivity index (χ0v) is 7.45. The zero-order chi connectivity index (χ0) is 8.15. The first-order valence-corrected chi connectivity index (χ1v) is 3.42. The molecule has 0 radical (unpaired) electrons. The Hall–Kier alpha value is -0.790. The predicted octanol–water partition coefficient (Wildman–Crippen LogP) is 1.59. The fourth-order valence-corrected chi connectivity index (χ4v) is 0.627. The highest BCUT2D eigenvalue weighted by Crippen LogP contribution is 2.01. The van der Waals surface area contributed by atoms with Gasteiger partial charge in [-0.05, 0) is 26.3 Å². The van der Waals surface area contributed by atoms with E-state index in [0.29, 0.717) is 0 Å². The van der Waals surface area contributed by atoms with E-state index < -0.39 is 0 Å². The fourth-order valence-electron chi connectivity index (χ4n) is 0.627. The maximum absolute atomic E-state index is 4.08. The molecule has 0 aliphatic carbocycles. The lowest BCUT2D eigenvalue weighted by molar-refractivity contribution is 0.972. The number of hydrogen-bond acceptors (Lipinski definition) is 2. The SMILES string of the molecule is CN=C(C)/C(C)=C(/C)NC. The average molecular weight is 140 g/mol. The largest absolute Gasteiger partial charge is 0.391 e. The second-order valence-corrected chi connectivity index (χ2v) is 2.31. The minimum atomic E-state index is 1.09. The van der Waals surface area contributed by atoms with Gasteiger partial charge in [-0.1, -0.05) is 0 Å². The van der Waals surface area contributed by atoms with Crippen LogP contribution >= 0.6 is 0 Å². The minimum absolute atomic E-state index is 1.09. The highest BCUT2D eigenvalue weighted by Gasteiger charge is 1.96. The molecule has 0 bridgehead atoms. The van der Waals surface area contributed by atoms with E-state index in [9.17, 15) is 0 Å². The third-order valence-corrected chi connectivity index (χ3v) is 1.82. The Kier molecular flexibility index (Phi) is 3.77. The molecule has 0 aromatic rings. The fraction of sp³-hybridized carbons (Fsp3) is 0.625. The van der Waals surface area contributed by atoms with Gasteiger partial charge in [-0.25, -0.2) is 0 Å². The molecule has 0 unspecified atom stereocenters. The normalized spacial score (nSPS) is 14.7. The van der Waals surface area contributed by atoms with Crippen LogP contribution in [0.5, 0.6) is 0 Å². The Balaban J connectivity index is 4.46. The lowest BCUT2D eigenvalue weighted by Gasteiger charge is -2.05. The van der Waals surface area contributed by atoms with Crippen LogP contribution in [-0.4, -0.2) is 19.8 Å². The van der Waals surface area contributed by atoms with Gasteiger partial charge in [0.05, 0.1) is 0 Å². The molecule has 0 aromatic heterocycles. The van der Waals surface area contributed by atoms with Gasteiger partial charge in [0.15, 0.2) is 0 Å². The van der Waals surface area contributed by atoms with E-state index in [1.807, 2.05) is 27.9 Å². The summed E-state index contributed by atoms with van der Waals surface area (Å²) >= 11 is 0. The van der Waals surface area contributed by atoms with E-state index in [1.165, 1.54) is 11.3 Å². The van der Waals surface area contributed by atoms with E-state index in [0.717, 1.165) is 5.71 Å². The van der Waals surface area contributed by atoms with E-state index in [1.54, 1.807) is 0 Å². The molecule has 0 saturated heterocycles. The first-order valence-electron chi connectivity index (χ1n) is 3.42. The van der Waals surface area contributed by atoms with Gasteiger partial charge in [-0.2, -0.15) is 0 Å². The van der Waals surface area contributed by atoms with Crippen molar-refractivity contribution in [3.63, 3.8) is 0 Å². The number of nitrogens with one attached hydrogen (secondary N) is 1. The second-order valence-electron chi connectivity index (χ2n) is 2.31. The molecule has 0 fully saturated rings. The van der Waals surface area contributed by atoms with Gasteiger partial charge in [0, 0.05) is 25.5 Å². The van der Waals surface area contributed by atoms with Crippen molar-refractivity contribution in [3.05, 3.63) is 11.3 Å². The molecular weight excluding hydrogens is 124 g/mol. The second kappa shape index (κ2) is 4.09. The van der Waals surface area contributed by atoms with Crippen molar-refractivity contribution in [2.24, 2.45) is 4.99 Å². The molecule has 0 aliphatic rings. The average Bonchev–Trinajstić information content (AvgIpc) is 2.00. The molecule has 0 rings (SSSR count). The van der Waals surface area contributed by atoms with Crippen LogP contribution in [0.2, 0.25) is 0 Å². The molecule has 0 amide bonds. The van der Waals surface area contributed by atoms with Crippen LogP contribution < -0.4 is 5.32 Å². The van der Waals surface area contributed by atoms with E-state index >= 15 is 0 Å². The Morgan fingerprint density at radius 2 is 1.70 bits per heavy atom. The van der Waals surface area contributed by atoms with E-state index in [2.05, 4.69) is 17.2 Å². The Labute approximate surface area is 63.0 Å².